The van der Waals surface area contributed by atoms with Crippen LogP contribution in [0.1, 0.15) is 0 Å². The zero-order chi connectivity index (χ0) is 13.0. The first kappa shape index (κ1) is 12.5. The molecule has 0 fully saturated rings. The predicted octanol–water partition coefficient (Wildman–Crippen LogP) is 2.09. The number of aromatic nitrogens is 5. The van der Waals surface area contributed by atoms with E-state index in [0.29, 0.717) is 16.1 Å². The van der Waals surface area contributed by atoms with Gasteiger partial charge in [-0.2, -0.15) is 5.10 Å². The highest BCUT2D eigenvalue weighted by atomic mass is 35.5. The largest absolute Gasteiger partial charge is 0.382 e. The summed E-state index contributed by atoms with van der Waals surface area (Å²) in [4.78, 5) is 4.00. The van der Waals surface area contributed by atoms with Crippen molar-refractivity contribution in [2.75, 3.05) is 5.73 Å². The van der Waals surface area contributed by atoms with E-state index in [4.69, 9.17) is 28.9 Å². The number of halogens is 2. The van der Waals surface area contributed by atoms with Crippen molar-refractivity contribution in [2.24, 2.45) is 0 Å². The van der Waals surface area contributed by atoms with E-state index in [2.05, 4.69) is 20.3 Å². The normalized spacial score (nSPS) is 9.89. The molecule has 0 amide bonds. The Morgan fingerprint density at radius 1 is 1.00 bits per heavy atom. The minimum Gasteiger partial charge on any atom is -0.382 e. The number of nitrogens with two attached hydrogens (primary N) is 1. The average molecular weight is 283 g/mol. The van der Waals surface area contributed by atoms with Crippen LogP contribution < -0.4 is 5.73 Å². The first-order valence-corrected chi connectivity index (χ1v) is 5.61. The lowest BCUT2D eigenvalue weighted by atomic mass is 10.5. The van der Waals surface area contributed by atoms with Gasteiger partial charge in [0, 0.05) is 12.4 Å². The smallest absolute Gasteiger partial charge is 0.153 e. The molecule has 2 N–H and O–H groups in total. The van der Waals surface area contributed by atoms with Crippen molar-refractivity contribution in [2.45, 2.75) is 0 Å². The van der Waals surface area contributed by atoms with E-state index in [1.54, 1.807) is 35.1 Å². The van der Waals surface area contributed by atoms with Gasteiger partial charge in [-0.15, -0.1) is 10.2 Å². The zero-order valence-corrected chi connectivity index (χ0v) is 10.5. The highest BCUT2D eigenvalue weighted by molar-refractivity contribution is 6.29. The molecule has 0 aromatic carbocycles. The quantitative estimate of drug-likeness (QED) is 0.683. The fourth-order valence-corrected chi connectivity index (χ4v) is 1.36. The Balaban J connectivity index is 0.000000138. The SMILES string of the molecule is Clc1ccc2nccn2n1.Nc1ccc(Cl)nn1. The third kappa shape index (κ3) is 3.28. The second kappa shape index (κ2) is 5.61. The summed E-state index contributed by atoms with van der Waals surface area (Å²) < 4.78 is 1.63. The van der Waals surface area contributed by atoms with Gasteiger partial charge >= 0.3 is 0 Å². The fraction of sp³-hybridized carbons (Fsp3) is 0. The van der Waals surface area contributed by atoms with Crippen LogP contribution in [0, 0.1) is 0 Å². The molecule has 92 valence electrons. The Labute approximate surface area is 112 Å². The van der Waals surface area contributed by atoms with Crippen molar-refractivity contribution >= 4 is 34.7 Å². The van der Waals surface area contributed by atoms with Gasteiger partial charge in [-0.05, 0) is 24.3 Å². The van der Waals surface area contributed by atoms with Crippen molar-refractivity contribution < 1.29 is 0 Å². The molecule has 0 radical (unpaired) electrons. The molecule has 0 spiro atoms. The lowest BCUT2D eigenvalue weighted by Gasteiger charge is -1.90. The van der Waals surface area contributed by atoms with Crippen LogP contribution in [0.2, 0.25) is 10.3 Å². The maximum Gasteiger partial charge on any atom is 0.153 e. The fourth-order valence-electron chi connectivity index (χ4n) is 1.12. The van der Waals surface area contributed by atoms with E-state index in [1.165, 1.54) is 0 Å². The third-order valence-corrected chi connectivity index (χ3v) is 2.28. The molecular weight excluding hydrogens is 275 g/mol. The van der Waals surface area contributed by atoms with Gasteiger partial charge < -0.3 is 5.73 Å². The second-order valence-corrected chi connectivity index (χ2v) is 3.94. The van der Waals surface area contributed by atoms with E-state index in [1.807, 2.05) is 6.07 Å². The topological polar surface area (TPSA) is 82.0 Å². The van der Waals surface area contributed by atoms with Gasteiger partial charge in [0.2, 0.25) is 0 Å². The maximum absolute atomic E-state index is 5.62. The van der Waals surface area contributed by atoms with E-state index in [9.17, 15) is 0 Å². The Morgan fingerprint density at radius 2 is 1.78 bits per heavy atom. The summed E-state index contributed by atoms with van der Waals surface area (Å²) >= 11 is 11.0. The number of anilines is 1. The van der Waals surface area contributed by atoms with E-state index < -0.39 is 0 Å². The lowest BCUT2D eigenvalue weighted by Crippen LogP contribution is -1.90. The first-order chi connectivity index (χ1) is 8.65. The Morgan fingerprint density at radius 3 is 2.44 bits per heavy atom. The third-order valence-electron chi connectivity index (χ3n) is 1.88. The summed E-state index contributed by atoms with van der Waals surface area (Å²) in [7, 11) is 0. The Bertz CT molecular complexity index is 615. The Kier molecular flexibility index (Phi) is 3.91. The molecule has 0 saturated carbocycles. The van der Waals surface area contributed by atoms with E-state index >= 15 is 0 Å². The number of rotatable bonds is 0. The minimum absolute atomic E-state index is 0.360. The van der Waals surface area contributed by atoms with Gasteiger partial charge in [-0.1, -0.05) is 23.2 Å². The van der Waals surface area contributed by atoms with Crippen LogP contribution in [0.3, 0.4) is 0 Å². The molecule has 0 aliphatic carbocycles. The van der Waals surface area contributed by atoms with Gasteiger partial charge in [0.1, 0.15) is 11.0 Å². The van der Waals surface area contributed by atoms with Crippen molar-refractivity contribution in [3.63, 3.8) is 0 Å². The first-order valence-electron chi connectivity index (χ1n) is 4.86. The van der Waals surface area contributed by atoms with Crippen molar-refractivity contribution in [3.8, 4) is 0 Å². The standard InChI is InChI=1S/C6H4ClN3.C4H4ClN3/c7-5-1-2-6-8-3-4-10(6)9-5;5-3-1-2-4(6)8-7-3/h1-4H;1-2H,(H2,6,8). The molecule has 0 saturated heterocycles. The van der Waals surface area contributed by atoms with Crippen LogP contribution in [0.4, 0.5) is 5.82 Å². The van der Waals surface area contributed by atoms with E-state index in [-0.39, 0.29) is 0 Å². The summed E-state index contributed by atoms with van der Waals surface area (Å²) in [6.45, 7) is 0. The number of imidazole rings is 1. The Hall–Kier alpha value is -1.92. The molecule has 0 bridgehead atoms. The molecule has 3 rings (SSSR count). The molecule has 0 aliphatic rings. The summed E-state index contributed by atoms with van der Waals surface area (Å²) in [5.41, 5.74) is 6.00. The van der Waals surface area contributed by atoms with Crippen molar-refractivity contribution in [3.05, 3.63) is 47.0 Å². The molecule has 18 heavy (non-hydrogen) atoms. The van der Waals surface area contributed by atoms with Crippen LogP contribution in [0.5, 0.6) is 0 Å². The van der Waals surface area contributed by atoms with Gasteiger partial charge in [-0.25, -0.2) is 9.50 Å². The molecule has 6 nitrogen and oxygen atoms in total. The molecule has 0 unspecified atom stereocenters. The number of hydrogen-bond acceptors (Lipinski definition) is 5. The molecule has 3 aromatic rings. The molecule has 8 heteroatoms. The highest BCUT2D eigenvalue weighted by Gasteiger charge is 1.92. The number of hydrogen-bond donors (Lipinski definition) is 1. The van der Waals surface area contributed by atoms with Crippen LogP contribution >= 0.6 is 23.2 Å². The number of fused-ring (bicyclic) bond motifs is 1. The summed E-state index contributed by atoms with van der Waals surface area (Å²) in [6.07, 6.45) is 3.43. The number of nitrogens with zero attached hydrogens (tertiary/aromatic N) is 5. The summed E-state index contributed by atoms with van der Waals surface area (Å²) in [6, 6.07) is 6.71. The van der Waals surface area contributed by atoms with Crippen LogP contribution in [-0.4, -0.2) is 24.8 Å². The van der Waals surface area contributed by atoms with Gasteiger partial charge in [0.05, 0.1) is 0 Å². The molecular formula is C10H8Cl2N6. The molecule has 3 aromatic heterocycles. The van der Waals surface area contributed by atoms with Crippen LogP contribution in [0.15, 0.2) is 36.7 Å². The van der Waals surface area contributed by atoms with Crippen molar-refractivity contribution in [1.82, 2.24) is 24.8 Å². The van der Waals surface area contributed by atoms with E-state index in [0.717, 1.165) is 5.65 Å². The minimum atomic E-state index is 0.360. The summed E-state index contributed by atoms with van der Waals surface area (Å²) in [5.74, 6) is 0.384. The maximum atomic E-state index is 5.62. The van der Waals surface area contributed by atoms with Crippen LogP contribution in [-0.2, 0) is 0 Å². The van der Waals surface area contributed by atoms with Gasteiger partial charge in [0.15, 0.2) is 10.8 Å². The van der Waals surface area contributed by atoms with Crippen molar-refractivity contribution in [1.29, 1.82) is 0 Å². The molecule has 0 aliphatic heterocycles. The predicted molar refractivity (Wildman–Crippen MR) is 69.5 cm³/mol. The lowest BCUT2D eigenvalue weighted by molar-refractivity contribution is 0.936. The molecule has 0 atom stereocenters. The number of nitrogen functional groups attached to an aromatic ring is 1. The van der Waals surface area contributed by atoms with Gasteiger partial charge in [-0.3, -0.25) is 0 Å². The monoisotopic (exact) mass is 282 g/mol. The second-order valence-electron chi connectivity index (χ2n) is 3.17. The average Bonchev–Trinajstić information content (AvgIpc) is 2.81. The van der Waals surface area contributed by atoms with Gasteiger partial charge in [0.25, 0.3) is 0 Å². The summed E-state index contributed by atoms with van der Waals surface area (Å²) in [5, 5.41) is 11.7. The molecule has 3 heterocycles. The van der Waals surface area contributed by atoms with Crippen LogP contribution in [0.25, 0.3) is 5.65 Å². The highest BCUT2D eigenvalue weighted by Crippen LogP contribution is 2.04. The zero-order valence-electron chi connectivity index (χ0n) is 9.03.